The van der Waals surface area contributed by atoms with Crippen molar-refractivity contribution >= 4 is 11.8 Å². The second-order valence-corrected chi connectivity index (χ2v) is 4.61. The van der Waals surface area contributed by atoms with Crippen molar-refractivity contribution in [2.75, 3.05) is 40.9 Å². The van der Waals surface area contributed by atoms with E-state index in [1.165, 1.54) is 9.80 Å². The van der Waals surface area contributed by atoms with Crippen LogP contribution in [-0.2, 0) is 14.3 Å². The Hall–Kier alpha value is -1.14. The average Bonchev–Trinajstić information content (AvgIpc) is 2.30. The van der Waals surface area contributed by atoms with E-state index < -0.39 is 0 Å². The Balaban J connectivity index is 4.36. The number of likely N-dealkylation sites (N-methyl/N-ethyl adjacent to an activating group) is 1. The molecule has 0 fully saturated rings. The number of amides is 2. The van der Waals surface area contributed by atoms with E-state index in [1.54, 1.807) is 21.2 Å². The van der Waals surface area contributed by atoms with Crippen LogP contribution in [0, 0.1) is 0 Å². The molecule has 1 atom stereocenters. The summed E-state index contributed by atoms with van der Waals surface area (Å²) in [6.07, 6.45) is 0.987. The van der Waals surface area contributed by atoms with Crippen molar-refractivity contribution in [3.05, 3.63) is 0 Å². The second-order valence-electron chi connectivity index (χ2n) is 4.61. The largest absolute Gasteiger partial charge is 0.383 e. The van der Waals surface area contributed by atoms with Crippen LogP contribution >= 0.6 is 0 Å². The summed E-state index contributed by atoms with van der Waals surface area (Å²) in [5.74, 6) is -0.153. The Labute approximate surface area is 109 Å². The van der Waals surface area contributed by atoms with Crippen molar-refractivity contribution in [2.24, 2.45) is 5.73 Å². The van der Waals surface area contributed by atoms with Crippen molar-refractivity contribution < 1.29 is 14.3 Å². The molecule has 0 bridgehead atoms. The third-order valence-corrected chi connectivity index (χ3v) is 2.56. The van der Waals surface area contributed by atoms with Gasteiger partial charge in [-0.2, -0.15) is 0 Å². The number of hydrogen-bond acceptors (Lipinski definition) is 4. The Morgan fingerprint density at radius 2 is 1.89 bits per heavy atom. The molecule has 0 heterocycles. The molecule has 0 aliphatic rings. The van der Waals surface area contributed by atoms with Crippen molar-refractivity contribution in [3.8, 4) is 0 Å². The minimum Gasteiger partial charge on any atom is -0.383 e. The highest BCUT2D eigenvalue weighted by molar-refractivity contribution is 5.84. The zero-order chi connectivity index (χ0) is 14.1. The van der Waals surface area contributed by atoms with Crippen LogP contribution in [0.5, 0.6) is 0 Å². The van der Waals surface area contributed by atoms with Gasteiger partial charge in [-0.25, -0.2) is 0 Å². The number of carbonyl (C=O) groups is 2. The average molecular weight is 259 g/mol. The third-order valence-electron chi connectivity index (χ3n) is 2.56. The zero-order valence-corrected chi connectivity index (χ0v) is 11.8. The second kappa shape index (κ2) is 8.88. The van der Waals surface area contributed by atoms with E-state index in [-0.39, 0.29) is 24.4 Å². The molecule has 0 aliphatic carbocycles. The number of ether oxygens (including phenoxy) is 1. The summed E-state index contributed by atoms with van der Waals surface area (Å²) < 4.78 is 4.95. The lowest BCUT2D eigenvalue weighted by molar-refractivity contribution is -0.139. The smallest absolute Gasteiger partial charge is 0.241 e. The first-order valence-corrected chi connectivity index (χ1v) is 6.11. The molecule has 1 unspecified atom stereocenters. The molecule has 0 rings (SSSR count). The first kappa shape index (κ1) is 16.9. The fraction of sp³-hybridized carbons (Fsp3) is 0.833. The van der Waals surface area contributed by atoms with Crippen LogP contribution in [-0.4, -0.2) is 68.6 Å². The molecule has 2 amide bonds. The van der Waals surface area contributed by atoms with E-state index in [2.05, 4.69) is 0 Å². The molecular weight excluding hydrogens is 234 g/mol. The lowest BCUT2D eigenvalue weighted by Crippen LogP contribution is -2.42. The van der Waals surface area contributed by atoms with Gasteiger partial charge in [0.1, 0.15) is 0 Å². The molecule has 0 saturated heterocycles. The summed E-state index contributed by atoms with van der Waals surface area (Å²) in [7, 11) is 4.91. The van der Waals surface area contributed by atoms with Gasteiger partial charge >= 0.3 is 0 Å². The fourth-order valence-electron chi connectivity index (χ4n) is 1.31. The Morgan fingerprint density at radius 1 is 1.28 bits per heavy atom. The van der Waals surface area contributed by atoms with Crippen molar-refractivity contribution in [3.63, 3.8) is 0 Å². The normalized spacial score (nSPS) is 12.1. The van der Waals surface area contributed by atoms with Gasteiger partial charge in [0.25, 0.3) is 0 Å². The summed E-state index contributed by atoms with van der Waals surface area (Å²) in [5.41, 5.74) is 5.62. The number of rotatable bonds is 8. The molecule has 18 heavy (non-hydrogen) atoms. The quantitative estimate of drug-likeness (QED) is 0.648. The predicted octanol–water partition coefficient (Wildman–Crippen LogP) is -0.323. The van der Waals surface area contributed by atoms with Crippen LogP contribution < -0.4 is 5.73 Å². The summed E-state index contributed by atoms with van der Waals surface area (Å²) in [6, 6.07) is -0.0113. The fourth-order valence-corrected chi connectivity index (χ4v) is 1.31. The minimum absolute atomic E-state index is 0.0113. The maximum absolute atomic E-state index is 12.0. The van der Waals surface area contributed by atoms with Gasteiger partial charge in [-0.3, -0.25) is 9.59 Å². The molecule has 6 heteroatoms. The highest BCUT2D eigenvalue weighted by Gasteiger charge is 2.18. The van der Waals surface area contributed by atoms with Gasteiger partial charge in [-0.05, 0) is 13.3 Å². The number of nitrogens with two attached hydrogens (primary N) is 1. The molecule has 0 aliphatic heterocycles. The summed E-state index contributed by atoms with van der Waals surface area (Å²) >= 11 is 0. The topological polar surface area (TPSA) is 75.9 Å². The van der Waals surface area contributed by atoms with Crippen LogP contribution in [0.25, 0.3) is 0 Å². The van der Waals surface area contributed by atoms with Crippen molar-refractivity contribution in [1.82, 2.24) is 9.80 Å². The van der Waals surface area contributed by atoms with Crippen molar-refractivity contribution in [2.45, 2.75) is 25.8 Å². The molecule has 0 saturated carbocycles. The standard InChI is InChI=1S/C12H25N3O3/c1-10(13)5-6-11(16)15(7-8-18-4)9-12(17)14(2)3/h10H,5-9,13H2,1-4H3. The molecule has 0 radical (unpaired) electrons. The maximum Gasteiger partial charge on any atom is 0.241 e. The molecule has 6 nitrogen and oxygen atoms in total. The Morgan fingerprint density at radius 3 is 2.33 bits per heavy atom. The monoisotopic (exact) mass is 259 g/mol. The van der Waals surface area contributed by atoms with Gasteiger partial charge in [0.2, 0.25) is 11.8 Å². The molecule has 0 spiro atoms. The van der Waals surface area contributed by atoms with E-state index in [9.17, 15) is 9.59 Å². The molecule has 0 aromatic carbocycles. The first-order valence-electron chi connectivity index (χ1n) is 6.11. The van der Waals surface area contributed by atoms with Gasteiger partial charge in [-0.1, -0.05) is 0 Å². The maximum atomic E-state index is 12.0. The lowest BCUT2D eigenvalue weighted by atomic mass is 10.2. The van der Waals surface area contributed by atoms with Crippen LogP contribution in [0.1, 0.15) is 19.8 Å². The predicted molar refractivity (Wildman–Crippen MR) is 70.0 cm³/mol. The highest BCUT2D eigenvalue weighted by atomic mass is 16.5. The molecule has 106 valence electrons. The molecule has 2 N–H and O–H groups in total. The lowest BCUT2D eigenvalue weighted by Gasteiger charge is -2.23. The van der Waals surface area contributed by atoms with E-state index in [1.807, 2.05) is 6.92 Å². The highest BCUT2D eigenvalue weighted by Crippen LogP contribution is 2.01. The summed E-state index contributed by atoms with van der Waals surface area (Å²) in [6.45, 7) is 2.80. The van der Waals surface area contributed by atoms with Crippen LogP contribution in [0.4, 0.5) is 0 Å². The third kappa shape index (κ3) is 7.24. The summed E-state index contributed by atoms with van der Waals surface area (Å²) in [4.78, 5) is 26.6. The zero-order valence-electron chi connectivity index (χ0n) is 11.8. The number of hydrogen-bond donors (Lipinski definition) is 1. The Bertz CT molecular complexity index is 267. The van der Waals surface area contributed by atoms with Crippen LogP contribution in [0.2, 0.25) is 0 Å². The first-order chi connectivity index (χ1) is 8.38. The minimum atomic E-state index is -0.0970. The Kier molecular flexibility index (Phi) is 8.32. The van der Waals surface area contributed by atoms with Crippen LogP contribution in [0.15, 0.2) is 0 Å². The van der Waals surface area contributed by atoms with Crippen LogP contribution in [0.3, 0.4) is 0 Å². The van der Waals surface area contributed by atoms with E-state index in [0.29, 0.717) is 26.0 Å². The SMILES string of the molecule is COCCN(CC(=O)N(C)C)C(=O)CCC(C)N. The number of methoxy groups -OCH3 is 1. The van der Waals surface area contributed by atoms with E-state index in [0.717, 1.165) is 0 Å². The van der Waals surface area contributed by atoms with E-state index in [4.69, 9.17) is 10.5 Å². The number of nitrogens with zero attached hydrogens (tertiary/aromatic N) is 2. The molecule has 0 aromatic heterocycles. The van der Waals surface area contributed by atoms with Crippen molar-refractivity contribution in [1.29, 1.82) is 0 Å². The summed E-state index contributed by atoms with van der Waals surface area (Å²) in [5, 5.41) is 0. The van der Waals surface area contributed by atoms with Gasteiger partial charge < -0.3 is 20.3 Å². The van der Waals surface area contributed by atoms with Gasteiger partial charge in [0, 0.05) is 40.2 Å². The van der Waals surface area contributed by atoms with Gasteiger partial charge in [0.15, 0.2) is 0 Å². The molecule has 0 aromatic rings. The van der Waals surface area contributed by atoms with Gasteiger partial charge in [0.05, 0.1) is 13.2 Å². The molecular formula is C12H25N3O3. The number of carbonyl (C=O) groups excluding carboxylic acids is 2. The van der Waals surface area contributed by atoms with Gasteiger partial charge in [-0.15, -0.1) is 0 Å². The van der Waals surface area contributed by atoms with E-state index >= 15 is 0 Å².